The predicted molar refractivity (Wildman–Crippen MR) is 111 cm³/mol. The van der Waals surface area contributed by atoms with E-state index in [9.17, 15) is 14.4 Å². The third-order valence-corrected chi connectivity index (χ3v) is 3.98. The Morgan fingerprint density at radius 2 is 1.26 bits per heavy atom. The maximum atomic E-state index is 12.2. The fraction of sp³-hybridized carbons (Fsp3) is 0.125. The molecule has 0 aliphatic heterocycles. The van der Waals surface area contributed by atoms with Crippen LogP contribution in [0, 0.1) is 0 Å². The van der Waals surface area contributed by atoms with Gasteiger partial charge in [0.15, 0.2) is 0 Å². The lowest BCUT2D eigenvalue weighted by atomic mass is 10.2. The maximum absolute atomic E-state index is 12.2. The molecule has 0 saturated carbocycles. The van der Waals surface area contributed by atoms with E-state index in [1.165, 1.54) is 19.1 Å². The topological polar surface area (TPSA) is 88.1 Å². The number of benzene rings is 3. The van der Waals surface area contributed by atoms with Crippen LogP contribution in [0.5, 0.6) is 17.2 Å². The zero-order valence-electron chi connectivity index (χ0n) is 16.8. The van der Waals surface area contributed by atoms with Gasteiger partial charge in [0.1, 0.15) is 36.0 Å². The van der Waals surface area contributed by atoms with Gasteiger partial charge in [-0.3, -0.25) is 4.79 Å². The minimum atomic E-state index is -0.685. The van der Waals surface area contributed by atoms with Crippen molar-refractivity contribution in [1.29, 1.82) is 0 Å². The highest BCUT2D eigenvalue weighted by Crippen LogP contribution is 2.21. The summed E-state index contributed by atoms with van der Waals surface area (Å²) < 4.78 is 20.9. The van der Waals surface area contributed by atoms with Gasteiger partial charge in [-0.05, 0) is 48.5 Å². The summed E-state index contributed by atoms with van der Waals surface area (Å²) >= 11 is 0. The lowest BCUT2D eigenvalue weighted by Crippen LogP contribution is -2.15. The Labute approximate surface area is 179 Å². The van der Waals surface area contributed by atoms with Gasteiger partial charge in [-0.15, -0.1) is 0 Å². The van der Waals surface area contributed by atoms with Crippen molar-refractivity contribution in [3.05, 3.63) is 90.0 Å². The van der Waals surface area contributed by atoms with Gasteiger partial charge in [-0.1, -0.05) is 30.3 Å². The molecule has 0 spiro atoms. The minimum Gasteiger partial charge on any atom is -0.458 e. The number of esters is 3. The Bertz CT molecular complexity index is 1040. The molecule has 0 amide bonds. The average Bonchev–Trinajstić information content (AvgIpc) is 2.77. The molecule has 0 aliphatic rings. The molecule has 0 fully saturated rings. The van der Waals surface area contributed by atoms with Gasteiger partial charge < -0.3 is 18.9 Å². The Hall–Kier alpha value is -4.13. The Kier molecular flexibility index (Phi) is 7.37. The molecular weight excluding hydrogens is 400 g/mol. The van der Waals surface area contributed by atoms with Crippen molar-refractivity contribution in [2.45, 2.75) is 6.92 Å². The monoisotopic (exact) mass is 420 g/mol. The molecule has 0 unspecified atom stereocenters. The second-order valence-electron chi connectivity index (χ2n) is 6.30. The highest BCUT2D eigenvalue weighted by molar-refractivity contribution is 5.93. The van der Waals surface area contributed by atoms with Crippen molar-refractivity contribution >= 4 is 17.9 Å². The second-order valence-corrected chi connectivity index (χ2v) is 6.30. The van der Waals surface area contributed by atoms with Gasteiger partial charge in [-0.25, -0.2) is 9.59 Å². The summed E-state index contributed by atoms with van der Waals surface area (Å²) in [6.45, 7) is 0.971. The number of carbonyl (C=O) groups is 3. The molecule has 3 rings (SSSR count). The summed E-state index contributed by atoms with van der Waals surface area (Å²) in [6, 6.07) is 22.0. The van der Waals surface area contributed by atoms with Crippen molar-refractivity contribution < 1.29 is 33.3 Å². The van der Waals surface area contributed by atoms with E-state index in [1.807, 2.05) is 30.3 Å². The fourth-order valence-electron chi connectivity index (χ4n) is 2.59. The number of para-hydroxylation sites is 2. The first-order valence-corrected chi connectivity index (χ1v) is 9.47. The molecular formula is C24H20O7. The molecule has 0 heterocycles. The molecule has 0 aliphatic carbocycles. The first kappa shape index (κ1) is 21.6. The van der Waals surface area contributed by atoms with E-state index in [1.54, 1.807) is 36.4 Å². The molecule has 158 valence electrons. The number of carbonyl (C=O) groups excluding carboxylic acids is 3. The molecule has 0 saturated heterocycles. The number of ether oxygens (including phenoxy) is 4. The quantitative estimate of drug-likeness (QED) is 0.303. The van der Waals surface area contributed by atoms with E-state index in [4.69, 9.17) is 18.9 Å². The Balaban J connectivity index is 1.46. The summed E-state index contributed by atoms with van der Waals surface area (Å²) in [4.78, 5) is 35.5. The summed E-state index contributed by atoms with van der Waals surface area (Å²) in [5, 5.41) is 0. The number of hydrogen-bond acceptors (Lipinski definition) is 7. The molecule has 0 radical (unpaired) electrons. The molecule has 7 heteroatoms. The zero-order valence-corrected chi connectivity index (χ0v) is 16.8. The van der Waals surface area contributed by atoms with Crippen molar-refractivity contribution in [3.63, 3.8) is 0 Å². The Morgan fingerprint density at radius 3 is 1.94 bits per heavy atom. The summed E-state index contributed by atoms with van der Waals surface area (Å²) in [7, 11) is 0. The van der Waals surface area contributed by atoms with Crippen LogP contribution in [0.25, 0.3) is 0 Å². The van der Waals surface area contributed by atoms with Crippen molar-refractivity contribution in [2.24, 2.45) is 0 Å². The maximum Gasteiger partial charge on any atom is 0.342 e. The van der Waals surface area contributed by atoms with Crippen molar-refractivity contribution in [3.8, 4) is 17.2 Å². The van der Waals surface area contributed by atoms with Gasteiger partial charge in [0.05, 0.1) is 5.56 Å². The smallest absolute Gasteiger partial charge is 0.342 e. The van der Waals surface area contributed by atoms with Crippen LogP contribution >= 0.6 is 0 Å². The number of hydrogen-bond donors (Lipinski definition) is 0. The van der Waals surface area contributed by atoms with Gasteiger partial charge in [0.2, 0.25) is 0 Å². The lowest BCUT2D eigenvalue weighted by Gasteiger charge is -2.10. The molecule has 0 bridgehead atoms. The van der Waals surface area contributed by atoms with Crippen LogP contribution < -0.4 is 9.47 Å². The van der Waals surface area contributed by atoms with Gasteiger partial charge in [-0.2, -0.15) is 0 Å². The highest BCUT2D eigenvalue weighted by Gasteiger charge is 2.15. The molecule has 0 atom stereocenters. The average molecular weight is 420 g/mol. The predicted octanol–water partition coefficient (Wildman–Crippen LogP) is 4.42. The molecule has 0 N–H and O–H groups in total. The first-order valence-electron chi connectivity index (χ1n) is 9.47. The van der Waals surface area contributed by atoms with E-state index >= 15 is 0 Å². The third kappa shape index (κ3) is 6.43. The van der Waals surface area contributed by atoms with E-state index in [0.717, 1.165) is 0 Å². The molecule has 3 aromatic carbocycles. The van der Waals surface area contributed by atoms with Crippen LogP contribution in [0.1, 0.15) is 27.6 Å². The van der Waals surface area contributed by atoms with Crippen molar-refractivity contribution in [1.82, 2.24) is 0 Å². The van der Waals surface area contributed by atoms with Crippen LogP contribution in [0.3, 0.4) is 0 Å². The molecule has 0 aromatic heterocycles. The van der Waals surface area contributed by atoms with Crippen LogP contribution in [0.15, 0.2) is 78.9 Å². The molecule has 31 heavy (non-hydrogen) atoms. The van der Waals surface area contributed by atoms with E-state index in [0.29, 0.717) is 17.1 Å². The van der Waals surface area contributed by atoms with Crippen LogP contribution in [0.2, 0.25) is 0 Å². The zero-order chi connectivity index (χ0) is 22.1. The standard InChI is InChI=1S/C24H20O7/c1-17(25)30-22-10-6-5-9-21(22)24(27)29-16-15-28-23(26)18-11-13-20(14-12-18)31-19-7-3-2-4-8-19/h2-14H,15-16H2,1H3. The normalized spacial score (nSPS) is 10.1. The summed E-state index contributed by atoms with van der Waals surface area (Å²) in [5.41, 5.74) is 0.449. The van der Waals surface area contributed by atoms with Crippen LogP contribution in [0.4, 0.5) is 0 Å². The van der Waals surface area contributed by atoms with Gasteiger partial charge >= 0.3 is 17.9 Å². The molecule has 7 nitrogen and oxygen atoms in total. The van der Waals surface area contributed by atoms with E-state index in [2.05, 4.69) is 0 Å². The van der Waals surface area contributed by atoms with Gasteiger partial charge in [0.25, 0.3) is 0 Å². The van der Waals surface area contributed by atoms with Gasteiger partial charge in [0, 0.05) is 6.92 Å². The van der Waals surface area contributed by atoms with E-state index in [-0.39, 0.29) is 24.5 Å². The number of rotatable bonds is 8. The third-order valence-electron chi connectivity index (χ3n) is 3.98. The molecule has 3 aromatic rings. The fourth-order valence-corrected chi connectivity index (χ4v) is 2.59. The largest absolute Gasteiger partial charge is 0.458 e. The van der Waals surface area contributed by atoms with Crippen LogP contribution in [-0.4, -0.2) is 31.1 Å². The summed E-state index contributed by atoms with van der Waals surface area (Å²) in [6.07, 6.45) is 0. The van der Waals surface area contributed by atoms with E-state index < -0.39 is 17.9 Å². The highest BCUT2D eigenvalue weighted by atomic mass is 16.6. The lowest BCUT2D eigenvalue weighted by molar-refractivity contribution is -0.131. The first-order chi connectivity index (χ1) is 15.0. The SMILES string of the molecule is CC(=O)Oc1ccccc1C(=O)OCCOC(=O)c1ccc(Oc2ccccc2)cc1. The van der Waals surface area contributed by atoms with Crippen LogP contribution in [-0.2, 0) is 14.3 Å². The summed E-state index contributed by atoms with van der Waals surface area (Å²) in [5.74, 6) is -0.403. The minimum absolute atomic E-state index is 0.106. The Morgan fingerprint density at radius 1 is 0.677 bits per heavy atom. The van der Waals surface area contributed by atoms with Crippen molar-refractivity contribution in [2.75, 3.05) is 13.2 Å². The second kappa shape index (κ2) is 10.6.